The molecule has 2 aromatic carbocycles. The van der Waals surface area contributed by atoms with E-state index in [-0.39, 0.29) is 18.2 Å². The first kappa shape index (κ1) is 15.5. The molecule has 0 bridgehead atoms. The zero-order valence-electron chi connectivity index (χ0n) is 13.3. The molecule has 0 spiro atoms. The minimum Gasteiger partial charge on any atom is -0.438 e. The Hall–Kier alpha value is -3.03. The van der Waals surface area contributed by atoms with Crippen molar-refractivity contribution in [1.82, 2.24) is 5.32 Å². The second-order valence-corrected chi connectivity index (χ2v) is 6.68. The Labute approximate surface area is 150 Å². The van der Waals surface area contributed by atoms with Crippen LogP contribution in [0.5, 0.6) is 0 Å². The Morgan fingerprint density at radius 1 is 0.920 bits per heavy atom. The number of amides is 1. The summed E-state index contributed by atoms with van der Waals surface area (Å²) in [7, 11) is 0. The summed E-state index contributed by atoms with van der Waals surface area (Å²) in [6, 6.07) is 21.6. The summed E-state index contributed by atoms with van der Waals surface area (Å²) in [4.78, 5) is 12.8. The number of ether oxygens (including phenoxy) is 1. The zero-order valence-corrected chi connectivity index (χ0v) is 14.1. The second-order valence-electron chi connectivity index (χ2n) is 5.70. The monoisotopic (exact) mass is 345 g/mol. The number of carbonyl (C=O) groups is 1. The van der Waals surface area contributed by atoms with Gasteiger partial charge < -0.3 is 10.1 Å². The van der Waals surface area contributed by atoms with Crippen LogP contribution in [0.2, 0.25) is 0 Å². The van der Waals surface area contributed by atoms with Crippen LogP contribution in [0.3, 0.4) is 0 Å². The molecule has 122 valence electrons. The molecule has 1 fully saturated rings. The lowest BCUT2D eigenvalue weighted by Crippen LogP contribution is -2.19. The topological polar surface area (TPSA) is 38.3 Å². The molecule has 0 unspecified atom stereocenters. The highest BCUT2D eigenvalue weighted by atomic mass is 32.1. The molecule has 3 aromatic rings. The van der Waals surface area contributed by atoms with E-state index in [0.717, 1.165) is 21.6 Å². The normalized spacial score (nSPS) is 18.8. The minimum atomic E-state index is -0.385. The van der Waals surface area contributed by atoms with Crippen LogP contribution in [0.4, 0.5) is 4.79 Å². The van der Waals surface area contributed by atoms with Crippen molar-refractivity contribution in [2.45, 2.75) is 12.1 Å². The number of nitrogens with one attached hydrogen (secondary N) is 1. The number of alkyl carbamates (subject to hydrolysis) is 1. The summed E-state index contributed by atoms with van der Waals surface area (Å²) in [5.74, 6) is 6.34. The molecule has 4 rings (SSSR count). The summed E-state index contributed by atoms with van der Waals surface area (Å²) in [6.07, 6.45) is -0.686. The lowest BCUT2D eigenvalue weighted by atomic mass is 9.99. The number of hydrogen-bond acceptors (Lipinski definition) is 3. The first-order chi connectivity index (χ1) is 12.3. The number of hydrogen-bond donors (Lipinski definition) is 1. The number of carbonyl (C=O) groups excluding carboxylic acids is 1. The molecule has 2 heterocycles. The number of benzene rings is 2. The zero-order chi connectivity index (χ0) is 17.1. The van der Waals surface area contributed by atoms with Gasteiger partial charge in [-0.15, -0.1) is 11.3 Å². The van der Waals surface area contributed by atoms with E-state index in [1.807, 2.05) is 72.1 Å². The SMILES string of the molecule is O=C1N[C@@H](c2cccc(C#Cc3ccccc3)c2)[C@H](c2cccs2)O1. The van der Waals surface area contributed by atoms with E-state index in [2.05, 4.69) is 17.2 Å². The average molecular weight is 345 g/mol. The maximum absolute atomic E-state index is 11.8. The van der Waals surface area contributed by atoms with Crippen LogP contribution in [0, 0.1) is 11.8 Å². The Morgan fingerprint density at radius 3 is 2.52 bits per heavy atom. The third-order valence-corrected chi connectivity index (χ3v) is 4.94. The fourth-order valence-electron chi connectivity index (χ4n) is 2.83. The molecule has 1 aliphatic heterocycles. The van der Waals surface area contributed by atoms with Crippen molar-refractivity contribution in [3.8, 4) is 11.8 Å². The minimum absolute atomic E-state index is 0.204. The van der Waals surface area contributed by atoms with Gasteiger partial charge in [0.15, 0.2) is 6.10 Å². The number of rotatable bonds is 2. The van der Waals surface area contributed by atoms with Crippen LogP contribution in [0.1, 0.15) is 33.7 Å². The molecule has 25 heavy (non-hydrogen) atoms. The van der Waals surface area contributed by atoms with Gasteiger partial charge in [-0.25, -0.2) is 4.79 Å². The third kappa shape index (κ3) is 3.42. The largest absolute Gasteiger partial charge is 0.438 e. The van der Waals surface area contributed by atoms with E-state index >= 15 is 0 Å². The Bertz CT molecular complexity index is 939. The van der Waals surface area contributed by atoms with E-state index < -0.39 is 0 Å². The van der Waals surface area contributed by atoms with Gasteiger partial charge in [0.1, 0.15) is 0 Å². The molecular formula is C21H15NO2S. The van der Waals surface area contributed by atoms with Gasteiger partial charge in [0.25, 0.3) is 0 Å². The van der Waals surface area contributed by atoms with Gasteiger partial charge >= 0.3 is 6.09 Å². The van der Waals surface area contributed by atoms with E-state index in [4.69, 9.17) is 4.74 Å². The summed E-state index contributed by atoms with van der Waals surface area (Å²) >= 11 is 1.59. The molecule has 0 radical (unpaired) electrons. The van der Waals surface area contributed by atoms with E-state index in [0.29, 0.717) is 0 Å². The second kappa shape index (κ2) is 6.84. The Kier molecular flexibility index (Phi) is 4.24. The fraction of sp³-hybridized carbons (Fsp3) is 0.0952. The van der Waals surface area contributed by atoms with E-state index in [1.54, 1.807) is 11.3 Å². The van der Waals surface area contributed by atoms with Crippen molar-refractivity contribution >= 4 is 17.4 Å². The highest BCUT2D eigenvalue weighted by Crippen LogP contribution is 2.38. The number of thiophene rings is 1. The first-order valence-electron chi connectivity index (χ1n) is 7.97. The first-order valence-corrected chi connectivity index (χ1v) is 8.85. The molecule has 0 aliphatic carbocycles. The lowest BCUT2D eigenvalue weighted by Gasteiger charge is -2.16. The van der Waals surface area contributed by atoms with Gasteiger partial charge in [-0.3, -0.25) is 0 Å². The van der Waals surface area contributed by atoms with Crippen LogP contribution in [-0.2, 0) is 4.74 Å². The van der Waals surface area contributed by atoms with Gasteiger partial charge in [0, 0.05) is 16.0 Å². The van der Waals surface area contributed by atoms with Crippen LogP contribution in [-0.4, -0.2) is 6.09 Å². The van der Waals surface area contributed by atoms with E-state index in [1.165, 1.54) is 0 Å². The molecule has 1 amide bonds. The maximum atomic E-state index is 11.8. The van der Waals surface area contributed by atoms with E-state index in [9.17, 15) is 4.79 Å². The highest BCUT2D eigenvalue weighted by Gasteiger charge is 2.36. The third-order valence-electron chi connectivity index (χ3n) is 4.00. The summed E-state index contributed by atoms with van der Waals surface area (Å²) in [5.41, 5.74) is 2.87. The van der Waals surface area contributed by atoms with Gasteiger partial charge in [0.05, 0.1) is 6.04 Å². The number of cyclic esters (lactones) is 1. The molecule has 3 nitrogen and oxygen atoms in total. The van der Waals surface area contributed by atoms with Crippen LogP contribution >= 0.6 is 11.3 Å². The van der Waals surface area contributed by atoms with Crippen LogP contribution < -0.4 is 5.32 Å². The molecule has 0 saturated carbocycles. The van der Waals surface area contributed by atoms with Crippen molar-refractivity contribution < 1.29 is 9.53 Å². The van der Waals surface area contributed by atoms with Crippen molar-refractivity contribution in [3.05, 3.63) is 93.7 Å². The lowest BCUT2D eigenvalue weighted by molar-refractivity contribution is 0.134. The molecular weight excluding hydrogens is 330 g/mol. The molecule has 2 atom stereocenters. The van der Waals surface area contributed by atoms with Crippen molar-refractivity contribution in [3.63, 3.8) is 0 Å². The Balaban J connectivity index is 1.63. The molecule has 1 saturated heterocycles. The van der Waals surface area contributed by atoms with Crippen molar-refractivity contribution in [2.75, 3.05) is 0 Å². The molecule has 4 heteroatoms. The van der Waals surface area contributed by atoms with Crippen molar-refractivity contribution in [2.24, 2.45) is 0 Å². The fourth-order valence-corrected chi connectivity index (χ4v) is 3.62. The summed E-state index contributed by atoms with van der Waals surface area (Å²) in [5, 5.41) is 4.89. The van der Waals surface area contributed by atoms with Crippen LogP contribution in [0.15, 0.2) is 72.1 Å². The van der Waals surface area contributed by atoms with Crippen molar-refractivity contribution in [1.29, 1.82) is 0 Å². The predicted molar refractivity (Wildman–Crippen MR) is 98.3 cm³/mol. The smallest absolute Gasteiger partial charge is 0.408 e. The summed E-state index contributed by atoms with van der Waals surface area (Å²) < 4.78 is 5.47. The molecule has 1 aromatic heterocycles. The quantitative estimate of drug-likeness (QED) is 0.686. The van der Waals surface area contributed by atoms with Crippen LogP contribution in [0.25, 0.3) is 0 Å². The van der Waals surface area contributed by atoms with Gasteiger partial charge in [-0.1, -0.05) is 48.2 Å². The molecule has 1 N–H and O–H groups in total. The average Bonchev–Trinajstić information content (AvgIpc) is 3.30. The Morgan fingerprint density at radius 2 is 1.72 bits per heavy atom. The van der Waals surface area contributed by atoms with Gasteiger partial charge in [0.2, 0.25) is 0 Å². The maximum Gasteiger partial charge on any atom is 0.408 e. The standard InChI is InChI=1S/C21H15NO2S/c23-21-22-19(20(24-21)18-10-5-13-25-18)17-9-4-8-16(14-17)12-11-15-6-2-1-3-7-15/h1-10,13-14,19-20H,(H,22,23)/t19-,20-/m0/s1. The van der Waals surface area contributed by atoms with Gasteiger partial charge in [-0.2, -0.15) is 0 Å². The highest BCUT2D eigenvalue weighted by molar-refractivity contribution is 7.10. The predicted octanol–water partition coefficient (Wildman–Crippen LogP) is 4.67. The van der Waals surface area contributed by atoms with Gasteiger partial charge in [-0.05, 0) is 41.3 Å². The molecule has 1 aliphatic rings. The summed E-state index contributed by atoms with van der Waals surface area (Å²) in [6.45, 7) is 0.